The van der Waals surface area contributed by atoms with Crippen molar-refractivity contribution in [2.45, 2.75) is 31.3 Å². The molecule has 8 heteroatoms. The van der Waals surface area contributed by atoms with Crippen LogP contribution in [0.25, 0.3) is 0 Å². The van der Waals surface area contributed by atoms with Gasteiger partial charge in [0.1, 0.15) is 9.90 Å². The molecule has 0 saturated carbocycles. The quantitative estimate of drug-likeness (QED) is 0.797. The number of anilines is 2. The van der Waals surface area contributed by atoms with Crippen LogP contribution in [0.1, 0.15) is 29.9 Å². The minimum absolute atomic E-state index is 0.0317. The molecular formula is C13H20N2O4S2. The Morgan fingerprint density at radius 3 is 2.67 bits per heavy atom. The van der Waals surface area contributed by atoms with Gasteiger partial charge in [0.15, 0.2) is 15.6 Å². The topological polar surface area (TPSA) is 98.5 Å². The normalized spacial score (nSPS) is 22.4. The van der Waals surface area contributed by atoms with Crippen LogP contribution in [0.4, 0.5) is 10.7 Å². The number of nitrogen functional groups attached to an aromatic ring is 1. The van der Waals surface area contributed by atoms with E-state index in [1.807, 2.05) is 6.92 Å². The molecule has 2 rings (SSSR count). The van der Waals surface area contributed by atoms with Gasteiger partial charge in [-0.15, -0.1) is 11.3 Å². The second kappa shape index (κ2) is 5.94. The molecule has 0 amide bonds. The summed E-state index contributed by atoms with van der Waals surface area (Å²) in [6, 6.07) is 0. The summed E-state index contributed by atoms with van der Waals surface area (Å²) in [5, 5.41) is 3.58. The second-order valence-corrected chi connectivity index (χ2v) is 8.31. The molecule has 6 nitrogen and oxygen atoms in total. The predicted octanol–water partition coefficient (Wildman–Crippen LogP) is 1.77. The lowest BCUT2D eigenvalue weighted by molar-refractivity contribution is 0.102. The molecule has 1 aromatic rings. The fourth-order valence-electron chi connectivity index (χ4n) is 2.44. The lowest BCUT2D eigenvalue weighted by Gasteiger charge is -2.15. The molecule has 1 aromatic heterocycles. The van der Waals surface area contributed by atoms with Crippen LogP contribution in [0.15, 0.2) is 4.90 Å². The average molecular weight is 332 g/mol. The van der Waals surface area contributed by atoms with Gasteiger partial charge in [-0.25, -0.2) is 8.42 Å². The highest BCUT2D eigenvalue weighted by atomic mass is 32.2. The zero-order chi connectivity index (χ0) is 15.8. The van der Waals surface area contributed by atoms with Crippen molar-refractivity contribution in [3.8, 4) is 0 Å². The van der Waals surface area contributed by atoms with Gasteiger partial charge in [0.25, 0.3) is 0 Å². The Bertz CT molecular complexity index is 651. The van der Waals surface area contributed by atoms with Crippen LogP contribution in [0, 0.1) is 5.92 Å². The monoisotopic (exact) mass is 332 g/mol. The molecule has 1 aliphatic rings. The number of hydrogen-bond donors (Lipinski definition) is 2. The molecule has 118 valence electrons. The third-order valence-corrected chi connectivity index (χ3v) is 6.21. The number of rotatable bonds is 5. The number of thiophene rings is 1. The highest BCUT2D eigenvalue weighted by molar-refractivity contribution is 7.91. The van der Waals surface area contributed by atoms with E-state index in [1.54, 1.807) is 0 Å². The molecule has 1 saturated heterocycles. The first-order chi connectivity index (χ1) is 9.71. The van der Waals surface area contributed by atoms with E-state index in [0.717, 1.165) is 30.6 Å². The van der Waals surface area contributed by atoms with Crippen molar-refractivity contribution >= 4 is 37.6 Å². The number of nitrogens with two attached hydrogens (primary N) is 1. The molecule has 3 N–H and O–H groups in total. The van der Waals surface area contributed by atoms with Gasteiger partial charge < -0.3 is 15.8 Å². The molecule has 2 atom stereocenters. The summed E-state index contributed by atoms with van der Waals surface area (Å²) in [4.78, 5) is 11.9. The first kappa shape index (κ1) is 16.3. The van der Waals surface area contributed by atoms with Gasteiger partial charge in [0.2, 0.25) is 0 Å². The van der Waals surface area contributed by atoms with E-state index in [4.69, 9.17) is 10.5 Å². The summed E-state index contributed by atoms with van der Waals surface area (Å²) in [6.45, 7) is 4.70. The van der Waals surface area contributed by atoms with Crippen molar-refractivity contribution in [2.24, 2.45) is 5.92 Å². The van der Waals surface area contributed by atoms with Gasteiger partial charge in [-0.2, -0.15) is 0 Å². The van der Waals surface area contributed by atoms with Gasteiger partial charge in [-0.3, -0.25) is 4.79 Å². The molecule has 0 aliphatic carbocycles. The minimum Gasteiger partial charge on any atom is -0.396 e. The summed E-state index contributed by atoms with van der Waals surface area (Å²) < 4.78 is 29.3. The highest BCUT2D eigenvalue weighted by Gasteiger charge is 2.28. The fourth-order valence-corrected chi connectivity index (χ4v) is 4.91. The summed E-state index contributed by atoms with van der Waals surface area (Å²) in [5.41, 5.74) is 5.90. The number of sulfone groups is 1. The van der Waals surface area contributed by atoms with E-state index in [1.165, 1.54) is 6.92 Å². The number of carbonyl (C=O) groups excluding carboxylic acids is 1. The van der Waals surface area contributed by atoms with Crippen molar-refractivity contribution in [1.82, 2.24) is 0 Å². The Balaban J connectivity index is 2.29. The first-order valence-electron chi connectivity index (χ1n) is 6.70. The largest absolute Gasteiger partial charge is 0.396 e. The number of hydrogen-bond acceptors (Lipinski definition) is 7. The lowest BCUT2D eigenvalue weighted by atomic mass is 10.0. The number of ketones is 1. The Morgan fingerprint density at radius 1 is 1.52 bits per heavy atom. The Kier molecular flexibility index (Phi) is 4.60. The summed E-state index contributed by atoms with van der Waals surface area (Å²) in [7, 11) is -3.50. The molecule has 0 radical (unpaired) electrons. The maximum Gasteiger partial charge on any atom is 0.180 e. The third kappa shape index (κ3) is 3.38. The Labute approximate surface area is 128 Å². The molecule has 1 aliphatic heterocycles. The summed E-state index contributed by atoms with van der Waals surface area (Å²) in [6.07, 6.45) is 2.17. The highest BCUT2D eigenvalue weighted by Crippen LogP contribution is 2.39. The van der Waals surface area contributed by atoms with Crippen LogP contribution in [-0.4, -0.2) is 39.7 Å². The molecule has 21 heavy (non-hydrogen) atoms. The van der Waals surface area contributed by atoms with E-state index >= 15 is 0 Å². The molecule has 1 fully saturated rings. The van der Waals surface area contributed by atoms with Crippen LogP contribution >= 0.6 is 11.3 Å². The molecule has 2 unspecified atom stereocenters. The molecule has 0 bridgehead atoms. The smallest absolute Gasteiger partial charge is 0.180 e. The fraction of sp³-hybridized carbons (Fsp3) is 0.615. The molecule has 2 heterocycles. The van der Waals surface area contributed by atoms with Crippen LogP contribution in [-0.2, 0) is 14.6 Å². The van der Waals surface area contributed by atoms with Crippen molar-refractivity contribution < 1.29 is 17.9 Å². The van der Waals surface area contributed by atoms with Crippen molar-refractivity contribution in [2.75, 3.05) is 30.5 Å². The number of Topliss-reactive ketones (excluding diaryl/α,β-unsaturated/α-hetero) is 1. The van der Waals surface area contributed by atoms with Gasteiger partial charge in [-0.1, -0.05) is 0 Å². The zero-order valence-electron chi connectivity index (χ0n) is 12.3. The van der Waals surface area contributed by atoms with Crippen molar-refractivity contribution in [3.05, 3.63) is 4.88 Å². The van der Waals surface area contributed by atoms with Crippen LogP contribution in [0.5, 0.6) is 0 Å². The van der Waals surface area contributed by atoms with Crippen LogP contribution in [0.2, 0.25) is 0 Å². The van der Waals surface area contributed by atoms with Crippen LogP contribution in [0.3, 0.4) is 0 Å². The molecule has 0 aromatic carbocycles. The Morgan fingerprint density at radius 2 is 2.19 bits per heavy atom. The van der Waals surface area contributed by atoms with Crippen LogP contribution < -0.4 is 11.1 Å². The van der Waals surface area contributed by atoms with E-state index in [9.17, 15) is 13.2 Å². The van der Waals surface area contributed by atoms with Crippen molar-refractivity contribution in [3.63, 3.8) is 0 Å². The predicted molar refractivity (Wildman–Crippen MR) is 83.9 cm³/mol. The summed E-state index contributed by atoms with van der Waals surface area (Å²) in [5.74, 6) is 0.0922. The number of ether oxygens (including phenoxy) is 1. The minimum atomic E-state index is -3.50. The lowest BCUT2D eigenvalue weighted by Crippen LogP contribution is -2.21. The first-order valence-corrected chi connectivity index (χ1v) is 9.41. The maximum atomic E-state index is 11.9. The summed E-state index contributed by atoms with van der Waals surface area (Å²) >= 11 is 1.10. The van der Waals surface area contributed by atoms with Gasteiger partial charge >= 0.3 is 0 Å². The standard InChI is InChI=1S/C13H20N2O4S2/c1-7(16)11-10(14)12(21(3,17)18)13(20-11)15-6-9-4-5-19-8(9)2/h8-9,15H,4-6,14H2,1-3H3. The molecular weight excluding hydrogens is 312 g/mol. The zero-order valence-corrected chi connectivity index (χ0v) is 13.9. The Hall–Kier alpha value is -1.12. The van der Waals surface area contributed by atoms with Gasteiger partial charge in [0, 0.05) is 32.2 Å². The van der Waals surface area contributed by atoms with E-state index < -0.39 is 9.84 Å². The third-order valence-electron chi connectivity index (χ3n) is 3.65. The van der Waals surface area contributed by atoms with E-state index in [2.05, 4.69) is 5.32 Å². The second-order valence-electron chi connectivity index (χ2n) is 5.34. The molecule has 0 spiro atoms. The number of nitrogens with one attached hydrogen (secondary N) is 1. The maximum absolute atomic E-state index is 11.9. The van der Waals surface area contributed by atoms with Gasteiger partial charge in [-0.05, 0) is 13.3 Å². The van der Waals surface area contributed by atoms with E-state index in [0.29, 0.717) is 17.5 Å². The van der Waals surface area contributed by atoms with Crippen molar-refractivity contribution in [1.29, 1.82) is 0 Å². The van der Waals surface area contributed by atoms with Gasteiger partial charge in [0.05, 0.1) is 16.7 Å². The average Bonchev–Trinajstić information content (AvgIpc) is 2.89. The SMILES string of the molecule is CC(=O)c1sc(NCC2CCOC2C)c(S(C)(=O)=O)c1N. The van der Waals surface area contributed by atoms with E-state index in [-0.39, 0.29) is 27.3 Å². The number of carbonyl (C=O) groups is 1.